The predicted octanol–water partition coefficient (Wildman–Crippen LogP) is 3.57. The molecule has 1 saturated carbocycles. The smallest absolute Gasteiger partial charge is 0.223 e. The monoisotopic (exact) mass is 326 g/mol. The quantitative estimate of drug-likeness (QED) is 0.902. The van der Waals surface area contributed by atoms with Crippen LogP contribution in [0.1, 0.15) is 57.4 Å². The second kappa shape index (κ2) is 5.62. The van der Waals surface area contributed by atoms with Gasteiger partial charge in [-0.1, -0.05) is 32.0 Å². The zero-order valence-electron chi connectivity index (χ0n) is 14.5. The molecular weight excluding hydrogens is 300 g/mol. The molecule has 24 heavy (non-hydrogen) atoms. The number of carbonyl (C=O) groups is 1. The fourth-order valence-corrected chi connectivity index (χ4v) is 4.74. The van der Waals surface area contributed by atoms with E-state index in [0.717, 1.165) is 31.2 Å². The number of aliphatic hydroxyl groups is 1. The van der Waals surface area contributed by atoms with Gasteiger partial charge in [-0.05, 0) is 43.2 Å². The van der Waals surface area contributed by atoms with Crippen molar-refractivity contribution in [2.75, 3.05) is 0 Å². The molecule has 1 amide bonds. The summed E-state index contributed by atoms with van der Waals surface area (Å²) >= 11 is 0. The SMILES string of the molecule is CCC1CC2(O)CC(C2)N1C(=O)CC(C)c1c[nH]c2ccccc12. The van der Waals surface area contributed by atoms with E-state index in [-0.39, 0.29) is 23.9 Å². The van der Waals surface area contributed by atoms with E-state index in [1.54, 1.807) is 0 Å². The molecule has 2 saturated heterocycles. The van der Waals surface area contributed by atoms with Crippen LogP contribution in [0.15, 0.2) is 30.5 Å². The fraction of sp³-hybridized carbons (Fsp3) is 0.550. The van der Waals surface area contributed by atoms with Crippen LogP contribution in [0.2, 0.25) is 0 Å². The van der Waals surface area contributed by atoms with E-state index in [9.17, 15) is 9.90 Å². The van der Waals surface area contributed by atoms with Gasteiger partial charge < -0.3 is 15.0 Å². The summed E-state index contributed by atoms with van der Waals surface area (Å²) in [4.78, 5) is 18.4. The van der Waals surface area contributed by atoms with Gasteiger partial charge in [0.1, 0.15) is 0 Å². The number of carbonyl (C=O) groups excluding carboxylic acids is 1. The average Bonchev–Trinajstić information content (AvgIpc) is 2.97. The summed E-state index contributed by atoms with van der Waals surface area (Å²) in [5.74, 6) is 0.429. The Kier molecular flexibility index (Phi) is 3.68. The topological polar surface area (TPSA) is 56.3 Å². The minimum atomic E-state index is -0.495. The number of nitrogens with one attached hydrogen (secondary N) is 1. The van der Waals surface area contributed by atoms with E-state index in [2.05, 4.69) is 35.9 Å². The second-order valence-corrected chi connectivity index (χ2v) is 7.75. The Hall–Kier alpha value is -1.81. The predicted molar refractivity (Wildman–Crippen MR) is 94.8 cm³/mol. The number of hydrogen-bond donors (Lipinski definition) is 2. The summed E-state index contributed by atoms with van der Waals surface area (Å²) in [7, 11) is 0. The summed E-state index contributed by atoms with van der Waals surface area (Å²) in [6.45, 7) is 4.25. The number of fused-ring (bicyclic) bond motifs is 3. The Bertz CT molecular complexity index is 760. The van der Waals surface area contributed by atoms with E-state index in [1.807, 2.05) is 18.3 Å². The molecule has 0 spiro atoms. The van der Waals surface area contributed by atoms with Crippen molar-refractivity contribution in [3.05, 3.63) is 36.0 Å². The van der Waals surface area contributed by atoms with Gasteiger partial charge in [-0.15, -0.1) is 0 Å². The van der Waals surface area contributed by atoms with Crippen molar-refractivity contribution in [1.29, 1.82) is 0 Å². The first-order valence-electron chi connectivity index (χ1n) is 9.10. The van der Waals surface area contributed by atoms with Crippen LogP contribution in [0.4, 0.5) is 0 Å². The van der Waals surface area contributed by atoms with E-state index < -0.39 is 5.60 Å². The third-order valence-corrected chi connectivity index (χ3v) is 6.03. The molecule has 2 aromatic rings. The number of piperidine rings is 2. The van der Waals surface area contributed by atoms with Gasteiger partial charge in [-0.25, -0.2) is 0 Å². The minimum Gasteiger partial charge on any atom is -0.390 e. The van der Waals surface area contributed by atoms with Gasteiger partial charge in [0.25, 0.3) is 0 Å². The van der Waals surface area contributed by atoms with Crippen LogP contribution in [0.3, 0.4) is 0 Å². The standard InChI is InChI=1S/C20H26N2O2/c1-3-14-9-20(24)10-15(11-20)22(14)19(23)8-13(2)17-12-21-18-7-5-4-6-16(17)18/h4-7,12-15,21,24H,3,8-11H2,1-2H3. The van der Waals surface area contributed by atoms with Gasteiger partial charge in [-0.3, -0.25) is 4.79 Å². The Morgan fingerprint density at radius 3 is 2.88 bits per heavy atom. The van der Waals surface area contributed by atoms with Crippen molar-refractivity contribution < 1.29 is 9.90 Å². The molecule has 0 radical (unpaired) electrons. The molecular formula is C20H26N2O2. The van der Waals surface area contributed by atoms with Crippen LogP contribution < -0.4 is 0 Å². The first kappa shape index (κ1) is 15.7. The van der Waals surface area contributed by atoms with Crippen LogP contribution >= 0.6 is 0 Å². The number of aromatic nitrogens is 1. The molecule has 1 aromatic carbocycles. The summed E-state index contributed by atoms with van der Waals surface area (Å²) in [5, 5.41) is 11.6. The Balaban J connectivity index is 1.51. The number of benzene rings is 1. The maximum atomic E-state index is 13.0. The molecule has 1 aromatic heterocycles. The van der Waals surface area contributed by atoms with Crippen molar-refractivity contribution in [2.24, 2.45) is 0 Å². The van der Waals surface area contributed by atoms with Gasteiger partial charge in [0, 0.05) is 35.6 Å². The summed E-state index contributed by atoms with van der Waals surface area (Å²) in [5.41, 5.74) is 1.85. The molecule has 128 valence electrons. The Morgan fingerprint density at radius 2 is 2.12 bits per heavy atom. The zero-order chi connectivity index (χ0) is 16.9. The number of amides is 1. The molecule has 3 fully saturated rings. The average molecular weight is 326 g/mol. The molecule has 1 aliphatic carbocycles. The van der Waals surface area contributed by atoms with Crippen molar-refractivity contribution in [3.8, 4) is 0 Å². The normalized spacial score (nSPS) is 30.2. The van der Waals surface area contributed by atoms with Crippen molar-refractivity contribution in [3.63, 3.8) is 0 Å². The highest BCUT2D eigenvalue weighted by Gasteiger charge is 2.54. The van der Waals surface area contributed by atoms with Gasteiger partial charge in [-0.2, -0.15) is 0 Å². The molecule has 4 heteroatoms. The van der Waals surface area contributed by atoms with E-state index in [1.165, 1.54) is 10.9 Å². The van der Waals surface area contributed by atoms with Crippen LogP contribution in [0.5, 0.6) is 0 Å². The Morgan fingerprint density at radius 1 is 1.38 bits per heavy atom. The number of nitrogens with zero attached hydrogens (tertiary/aromatic N) is 1. The molecule has 2 N–H and O–H groups in total. The molecule has 2 atom stereocenters. The molecule has 5 rings (SSSR count). The van der Waals surface area contributed by atoms with Crippen LogP contribution in [-0.2, 0) is 4.79 Å². The third-order valence-electron chi connectivity index (χ3n) is 6.03. The number of hydrogen-bond acceptors (Lipinski definition) is 2. The van der Waals surface area contributed by atoms with Crippen LogP contribution in [0, 0.1) is 0 Å². The van der Waals surface area contributed by atoms with Gasteiger partial charge in [0.15, 0.2) is 0 Å². The third kappa shape index (κ3) is 2.44. The first-order valence-corrected chi connectivity index (χ1v) is 9.10. The second-order valence-electron chi connectivity index (χ2n) is 7.75. The van der Waals surface area contributed by atoms with E-state index >= 15 is 0 Å². The van der Waals surface area contributed by atoms with Crippen LogP contribution in [-0.4, -0.2) is 38.6 Å². The molecule has 2 aliphatic heterocycles. The molecule has 3 aliphatic rings. The lowest BCUT2D eigenvalue weighted by Crippen LogP contribution is -2.67. The summed E-state index contributed by atoms with van der Waals surface area (Å²) in [6, 6.07) is 8.70. The van der Waals surface area contributed by atoms with Gasteiger partial charge >= 0.3 is 0 Å². The van der Waals surface area contributed by atoms with Gasteiger partial charge in [0.05, 0.1) is 5.60 Å². The highest BCUT2D eigenvalue weighted by molar-refractivity contribution is 5.85. The molecule has 3 heterocycles. The number of para-hydroxylation sites is 1. The van der Waals surface area contributed by atoms with Crippen molar-refractivity contribution in [1.82, 2.24) is 9.88 Å². The first-order chi connectivity index (χ1) is 11.5. The molecule has 2 unspecified atom stereocenters. The zero-order valence-corrected chi connectivity index (χ0v) is 14.5. The summed E-state index contributed by atoms with van der Waals surface area (Å²) in [6.07, 6.45) is 5.76. The lowest BCUT2D eigenvalue weighted by atomic mass is 9.66. The number of rotatable bonds is 4. The van der Waals surface area contributed by atoms with Gasteiger partial charge in [0.2, 0.25) is 5.91 Å². The lowest BCUT2D eigenvalue weighted by Gasteiger charge is -2.58. The molecule has 2 bridgehead atoms. The number of H-pyrrole nitrogens is 1. The maximum absolute atomic E-state index is 13.0. The van der Waals surface area contributed by atoms with Crippen molar-refractivity contribution in [2.45, 2.75) is 69.6 Å². The van der Waals surface area contributed by atoms with Crippen molar-refractivity contribution >= 4 is 16.8 Å². The van der Waals surface area contributed by atoms with Crippen LogP contribution in [0.25, 0.3) is 10.9 Å². The Labute approximate surface area is 142 Å². The highest BCUT2D eigenvalue weighted by atomic mass is 16.3. The van der Waals surface area contributed by atoms with E-state index in [0.29, 0.717) is 6.42 Å². The van der Waals surface area contributed by atoms with E-state index in [4.69, 9.17) is 0 Å². The minimum absolute atomic E-state index is 0.187. The summed E-state index contributed by atoms with van der Waals surface area (Å²) < 4.78 is 0. The lowest BCUT2D eigenvalue weighted by molar-refractivity contribution is -0.178. The largest absolute Gasteiger partial charge is 0.390 e. The maximum Gasteiger partial charge on any atom is 0.223 e. The fourth-order valence-electron chi connectivity index (χ4n) is 4.74. The number of aromatic amines is 1. The highest BCUT2D eigenvalue weighted by Crippen LogP contribution is 2.47. The molecule has 4 nitrogen and oxygen atoms in total.